The SMILES string of the molecule is Cc1cc(N)ccc1NC(=O)c1cccc(O)c1. The number of rotatable bonds is 2. The third kappa shape index (κ3) is 2.60. The zero-order chi connectivity index (χ0) is 13.1. The van der Waals surface area contributed by atoms with Gasteiger partial charge >= 0.3 is 0 Å². The summed E-state index contributed by atoms with van der Waals surface area (Å²) in [7, 11) is 0. The van der Waals surface area contributed by atoms with Crippen LogP contribution >= 0.6 is 0 Å². The standard InChI is InChI=1S/C14H14N2O2/c1-9-7-11(15)5-6-13(9)16-14(18)10-3-2-4-12(17)8-10/h2-8,17H,15H2,1H3,(H,16,18). The molecule has 0 aliphatic rings. The Labute approximate surface area is 105 Å². The van der Waals surface area contributed by atoms with Gasteiger partial charge in [0.15, 0.2) is 0 Å². The van der Waals surface area contributed by atoms with E-state index in [1.165, 1.54) is 12.1 Å². The molecule has 18 heavy (non-hydrogen) atoms. The molecule has 0 bridgehead atoms. The minimum Gasteiger partial charge on any atom is -0.508 e. The maximum atomic E-state index is 11.9. The molecular formula is C14H14N2O2. The number of nitrogens with two attached hydrogens (primary N) is 1. The van der Waals surface area contributed by atoms with Crippen LogP contribution in [0.5, 0.6) is 5.75 Å². The molecule has 0 fully saturated rings. The topological polar surface area (TPSA) is 75.3 Å². The van der Waals surface area contributed by atoms with E-state index in [2.05, 4.69) is 5.32 Å². The van der Waals surface area contributed by atoms with Gasteiger partial charge in [-0.15, -0.1) is 0 Å². The van der Waals surface area contributed by atoms with Gasteiger partial charge in [-0.3, -0.25) is 4.79 Å². The zero-order valence-electron chi connectivity index (χ0n) is 9.97. The molecule has 2 rings (SSSR count). The molecule has 0 saturated carbocycles. The van der Waals surface area contributed by atoms with Gasteiger partial charge in [-0.1, -0.05) is 6.07 Å². The van der Waals surface area contributed by atoms with Crippen LogP contribution in [0, 0.1) is 6.92 Å². The maximum Gasteiger partial charge on any atom is 0.255 e. The second-order valence-electron chi connectivity index (χ2n) is 4.08. The second kappa shape index (κ2) is 4.79. The van der Waals surface area contributed by atoms with Crippen molar-refractivity contribution in [3.8, 4) is 5.75 Å². The van der Waals surface area contributed by atoms with Crippen molar-refractivity contribution < 1.29 is 9.90 Å². The first kappa shape index (κ1) is 12.0. The number of carbonyl (C=O) groups excluding carboxylic acids is 1. The lowest BCUT2D eigenvalue weighted by Crippen LogP contribution is -2.12. The molecule has 0 heterocycles. The average Bonchev–Trinajstić information content (AvgIpc) is 2.32. The fourth-order valence-corrected chi connectivity index (χ4v) is 1.67. The number of phenolic OH excluding ortho intramolecular Hbond substituents is 1. The van der Waals surface area contributed by atoms with Crippen LogP contribution in [0.4, 0.5) is 11.4 Å². The van der Waals surface area contributed by atoms with Crippen LogP contribution in [0.3, 0.4) is 0 Å². The number of anilines is 2. The van der Waals surface area contributed by atoms with Crippen molar-refractivity contribution in [2.45, 2.75) is 6.92 Å². The first-order valence-corrected chi connectivity index (χ1v) is 5.53. The highest BCUT2D eigenvalue weighted by atomic mass is 16.3. The van der Waals surface area contributed by atoms with Crippen LogP contribution in [0.25, 0.3) is 0 Å². The van der Waals surface area contributed by atoms with Crippen molar-refractivity contribution in [2.24, 2.45) is 0 Å². The van der Waals surface area contributed by atoms with Crippen molar-refractivity contribution in [1.29, 1.82) is 0 Å². The lowest BCUT2D eigenvalue weighted by atomic mass is 10.1. The smallest absolute Gasteiger partial charge is 0.255 e. The monoisotopic (exact) mass is 242 g/mol. The number of aryl methyl sites for hydroxylation is 1. The summed E-state index contributed by atoms with van der Waals surface area (Å²) in [5, 5.41) is 12.1. The molecule has 92 valence electrons. The highest BCUT2D eigenvalue weighted by Crippen LogP contribution is 2.19. The number of hydrogen-bond acceptors (Lipinski definition) is 3. The Morgan fingerprint density at radius 2 is 2.00 bits per heavy atom. The molecule has 2 aromatic rings. The van der Waals surface area contributed by atoms with Crippen molar-refractivity contribution in [2.75, 3.05) is 11.1 Å². The van der Waals surface area contributed by atoms with Crippen LogP contribution < -0.4 is 11.1 Å². The lowest BCUT2D eigenvalue weighted by molar-refractivity contribution is 0.102. The molecule has 4 heteroatoms. The molecule has 0 atom stereocenters. The molecular weight excluding hydrogens is 228 g/mol. The van der Waals surface area contributed by atoms with E-state index < -0.39 is 0 Å². The molecule has 0 saturated heterocycles. The number of carbonyl (C=O) groups is 1. The van der Waals surface area contributed by atoms with Crippen LogP contribution in [0.2, 0.25) is 0 Å². The van der Waals surface area contributed by atoms with Crippen LogP contribution in [0.15, 0.2) is 42.5 Å². The number of hydrogen-bond donors (Lipinski definition) is 3. The molecule has 0 spiro atoms. The average molecular weight is 242 g/mol. The van der Waals surface area contributed by atoms with E-state index in [-0.39, 0.29) is 11.7 Å². The summed E-state index contributed by atoms with van der Waals surface area (Å²) in [5.41, 5.74) is 8.31. The summed E-state index contributed by atoms with van der Waals surface area (Å²) in [4.78, 5) is 11.9. The maximum absolute atomic E-state index is 11.9. The van der Waals surface area contributed by atoms with Gasteiger partial charge in [0.25, 0.3) is 5.91 Å². The predicted molar refractivity (Wildman–Crippen MR) is 71.7 cm³/mol. The van der Waals surface area contributed by atoms with E-state index in [1.807, 2.05) is 6.92 Å². The minimum absolute atomic E-state index is 0.0664. The second-order valence-corrected chi connectivity index (χ2v) is 4.08. The van der Waals surface area contributed by atoms with E-state index >= 15 is 0 Å². The molecule has 4 nitrogen and oxygen atoms in total. The van der Waals surface area contributed by atoms with E-state index in [0.717, 1.165) is 5.56 Å². The van der Waals surface area contributed by atoms with E-state index in [9.17, 15) is 9.90 Å². The third-order valence-corrected chi connectivity index (χ3v) is 2.61. The molecule has 1 amide bonds. The fraction of sp³-hybridized carbons (Fsp3) is 0.0714. The van der Waals surface area contributed by atoms with Crippen LogP contribution in [-0.4, -0.2) is 11.0 Å². The number of amides is 1. The molecule has 2 aromatic carbocycles. The first-order valence-electron chi connectivity index (χ1n) is 5.53. The van der Waals surface area contributed by atoms with E-state index in [0.29, 0.717) is 16.9 Å². The number of nitrogens with one attached hydrogen (secondary N) is 1. The predicted octanol–water partition coefficient (Wildman–Crippen LogP) is 2.54. The Kier molecular flexibility index (Phi) is 3.19. The normalized spacial score (nSPS) is 10.1. The number of nitrogen functional groups attached to an aromatic ring is 1. The van der Waals surface area contributed by atoms with E-state index in [1.54, 1.807) is 30.3 Å². The van der Waals surface area contributed by atoms with Gasteiger partial charge in [-0.2, -0.15) is 0 Å². The first-order chi connectivity index (χ1) is 8.56. The molecule has 0 aromatic heterocycles. The van der Waals surface area contributed by atoms with Crippen LogP contribution in [-0.2, 0) is 0 Å². The summed E-state index contributed by atoms with van der Waals surface area (Å²) in [6.07, 6.45) is 0. The van der Waals surface area contributed by atoms with Gasteiger partial charge in [-0.25, -0.2) is 0 Å². The van der Waals surface area contributed by atoms with Gasteiger partial charge in [-0.05, 0) is 48.9 Å². The molecule has 0 aliphatic heterocycles. The quantitative estimate of drug-likeness (QED) is 0.708. The fourth-order valence-electron chi connectivity index (χ4n) is 1.67. The van der Waals surface area contributed by atoms with E-state index in [4.69, 9.17) is 5.73 Å². The summed E-state index contributed by atoms with van der Waals surface area (Å²) in [6, 6.07) is 11.5. The molecule has 0 aliphatic carbocycles. The van der Waals surface area contributed by atoms with Crippen molar-refractivity contribution >= 4 is 17.3 Å². The number of phenols is 1. The van der Waals surface area contributed by atoms with Crippen molar-refractivity contribution in [1.82, 2.24) is 0 Å². The summed E-state index contributed by atoms with van der Waals surface area (Å²) in [6.45, 7) is 1.87. The van der Waals surface area contributed by atoms with Gasteiger partial charge in [0, 0.05) is 16.9 Å². The van der Waals surface area contributed by atoms with Gasteiger partial charge in [0.2, 0.25) is 0 Å². The third-order valence-electron chi connectivity index (χ3n) is 2.61. The highest BCUT2D eigenvalue weighted by Gasteiger charge is 2.08. The van der Waals surface area contributed by atoms with Crippen LogP contribution in [0.1, 0.15) is 15.9 Å². The van der Waals surface area contributed by atoms with Gasteiger partial charge in [0.1, 0.15) is 5.75 Å². The Bertz CT molecular complexity index is 594. The Morgan fingerprint density at radius 3 is 2.67 bits per heavy atom. The molecule has 0 radical (unpaired) electrons. The number of aromatic hydroxyl groups is 1. The minimum atomic E-state index is -0.265. The van der Waals surface area contributed by atoms with Gasteiger partial charge < -0.3 is 16.2 Å². The summed E-state index contributed by atoms with van der Waals surface area (Å²) in [5.74, 6) is -0.199. The highest BCUT2D eigenvalue weighted by molar-refractivity contribution is 6.04. The Balaban J connectivity index is 2.21. The van der Waals surface area contributed by atoms with Crippen molar-refractivity contribution in [3.63, 3.8) is 0 Å². The number of benzene rings is 2. The zero-order valence-corrected chi connectivity index (χ0v) is 9.97. The van der Waals surface area contributed by atoms with Gasteiger partial charge in [0.05, 0.1) is 0 Å². The summed E-state index contributed by atoms with van der Waals surface area (Å²) < 4.78 is 0. The lowest BCUT2D eigenvalue weighted by Gasteiger charge is -2.09. The molecule has 0 unspecified atom stereocenters. The Morgan fingerprint density at radius 1 is 1.22 bits per heavy atom. The largest absolute Gasteiger partial charge is 0.508 e. The Hall–Kier alpha value is -2.49. The molecule has 4 N–H and O–H groups in total. The van der Waals surface area contributed by atoms with Crippen molar-refractivity contribution in [3.05, 3.63) is 53.6 Å². The summed E-state index contributed by atoms with van der Waals surface area (Å²) >= 11 is 0.